The van der Waals surface area contributed by atoms with Gasteiger partial charge in [-0.25, -0.2) is 0 Å². The zero-order chi connectivity index (χ0) is 9.68. The Morgan fingerprint density at radius 3 is 2.46 bits per heavy atom. The van der Waals surface area contributed by atoms with Crippen molar-refractivity contribution in [2.45, 2.75) is 10.2 Å². The number of carbonyl (C=O) groups excluding carboxylic acids is 1. The Hall–Kier alpha value is -0.350. The molecule has 13 heavy (non-hydrogen) atoms. The van der Waals surface area contributed by atoms with Crippen LogP contribution in [0.25, 0.3) is 0 Å². The van der Waals surface area contributed by atoms with Gasteiger partial charge in [-0.2, -0.15) is 0 Å². The van der Waals surface area contributed by atoms with Crippen molar-refractivity contribution >= 4 is 37.8 Å². The Bertz CT molecular complexity index is 272. The fraction of sp³-hybridized carbons (Fsp3) is 0.222. The molecule has 2 nitrogen and oxygen atoms in total. The summed E-state index contributed by atoms with van der Waals surface area (Å²) in [6.45, 7) is 0. The zero-order valence-corrected chi connectivity index (χ0v) is 9.92. The van der Waals surface area contributed by atoms with Gasteiger partial charge in [0.05, 0.1) is 10.2 Å². The van der Waals surface area contributed by atoms with E-state index in [1.165, 1.54) is 0 Å². The van der Waals surface area contributed by atoms with Gasteiger partial charge in [0.25, 0.3) is 0 Å². The number of halogens is 2. The van der Waals surface area contributed by atoms with Crippen molar-refractivity contribution in [1.29, 1.82) is 0 Å². The molecule has 1 rings (SSSR count). The number of esters is 1. The molecule has 1 aromatic rings. The zero-order valence-electron chi connectivity index (χ0n) is 6.74. The van der Waals surface area contributed by atoms with Crippen LogP contribution < -0.4 is 4.74 Å². The molecule has 4 heteroatoms. The minimum Gasteiger partial charge on any atom is -0.426 e. The summed E-state index contributed by atoms with van der Waals surface area (Å²) in [5.41, 5.74) is 0. The van der Waals surface area contributed by atoms with Gasteiger partial charge in [-0.15, -0.1) is 0 Å². The highest BCUT2D eigenvalue weighted by molar-refractivity contribution is 9.24. The van der Waals surface area contributed by atoms with Crippen molar-refractivity contribution in [3.05, 3.63) is 30.3 Å². The third kappa shape index (κ3) is 4.43. The van der Waals surface area contributed by atoms with Crippen LogP contribution in [0.4, 0.5) is 0 Å². The minimum atomic E-state index is -0.259. The van der Waals surface area contributed by atoms with E-state index in [0.29, 0.717) is 12.2 Å². The second kappa shape index (κ2) is 5.40. The highest BCUT2D eigenvalue weighted by Crippen LogP contribution is 2.15. The Balaban J connectivity index is 2.46. The second-order valence-electron chi connectivity index (χ2n) is 2.38. The topological polar surface area (TPSA) is 26.3 Å². The number of carbonyl (C=O) groups is 1. The average Bonchev–Trinajstić information content (AvgIpc) is 2.04. The fourth-order valence-corrected chi connectivity index (χ4v) is 1.32. The molecule has 0 aliphatic rings. The summed E-state index contributed by atoms with van der Waals surface area (Å²) >= 11 is 6.41. The maximum atomic E-state index is 11.1. The Morgan fingerprint density at radius 2 is 1.92 bits per heavy atom. The Kier molecular flexibility index (Phi) is 4.45. The molecule has 0 bridgehead atoms. The first kappa shape index (κ1) is 10.7. The van der Waals surface area contributed by atoms with Crippen LogP contribution in [0.5, 0.6) is 5.75 Å². The first-order valence-corrected chi connectivity index (χ1v) is 5.55. The molecule has 0 saturated carbocycles. The lowest BCUT2D eigenvalue weighted by Crippen LogP contribution is -2.10. The van der Waals surface area contributed by atoms with Crippen molar-refractivity contribution in [2.75, 3.05) is 0 Å². The monoisotopic (exact) mass is 306 g/mol. The van der Waals surface area contributed by atoms with Crippen molar-refractivity contribution < 1.29 is 9.53 Å². The van der Waals surface area contributed by atoms with Gasteiger partial charge in [0.2, 0.25) is 0 Å². The summed E-state index contributed by atoms with van der Waals surface area (Å²) in [7, 11) is 0. The van der Waals surface area contributed by atoms with Gasteiger partial charge in [0.1, 0.15) is 5.75 Å². The quantitative estimate of drug-likeness (QED) is 0.487. The van der Waals surface area contributed by atoms with E-state index in [1.54, 1.807) is 12.1 Å². The lowest BCUT2D eigenvalue weighted by molar-refractivity contribution is -0.133. The van der Waals surface area contributed by atoms with Gasteiger partial charge in [-0.05, 0) is 12.1 Å². The molecule has 70 valence electrons. The molecule has 0 aliphatic carbocycles. The van der Waals surface area contributed by atoms with Crippen LogP contribution in [-0.4, -0.2) is 9.71 Å². The van der Waals surface area contributed by atoms with E-state index in [4.69, 9.17) is 4.74 Å². The van der Waals surface area contributed by atoms with E-state index in [9.17, 15) is 4.79 Å². The molecule has 0 atom stereocenters. The van der Waals surface area contributed by atoms with Crippen molar-refractivity contribution in [1.82, 2.24) is 0 Å². The van der Waals surface area contributed by atoms with Crippen LogP contribution >= 0.6 is 31.9 Å². The summed E-state index contributed by atoms with van der Waals surface area (Å²) in [6.07, 6.45) is 0.300. The number of benzene rings is 1. The number of hydrogen-bond acceptors (Lipinski definition) is 2. The van der Waals surface area contributed by atoms with E-state index in [1.807, 2.05) is 18.2 Å². The molecule has 0 radical (unpaired) electrons. The largest absolute Gasteiger partial charge is 0.426 e. The molecule has 0 aromatic heterocycles. The van der Waals surface area contributed by atoms with Gasteiger partial charge in [-0.1, -0.05) is 50.1 Å². The molecule has 1 aromatic carbocycles. The summed E-state index contributed by atoms with van der Waals surface area (Å²) in [6, 6.07) is 9.00. The number of ether oxygens (including phenoxy) is 1. The van der Waals surface area contributed by atoms with E-state index >= 15 is 0 Å². The summed E-state index contributed by atoms with van der Waals surface area (Å²) in [4.78, 5) is 11.1. The predicted octanol–water partition coefficient (Wildman–Crippen LogP) is 3.10. The highest BCUT2D eigenvalue weighted by Gasteiger charge is 2.08. The molecule has 0 amide bonds. The van der Waals surface area contributed by atoms with Crippen LogP contribution in [0, 0.1) is 0 Å². The normalized spacial score (nSPS) is 10.1. The number of alkyl halides is 2. The molecular formula is C9H8Br2O2. The van der Waals surface area contributed by atoms with Crippen LogP contribution in [0.2, 0.25) is 0 Å². The lowest BCUT2D eigenvalue weighted by Gasteiger charge is -2.03. The SMILES string of the molecule is O=C(CC(Br)Br)Oc1ccccc1. The minimum absolute atomic E-state index is 0.0313. The Labute approximate surface area is 93.5 Å². The fourth-order valence-electron chi connectivity index (χ4n) is 0.788. The van der Waals surface area contributed by atoms with E-state index in [0.717, 1.165) is 0 Å². The molecule has 0 heterocycles. The smallest absolute Gasteiger partial charge is 0.313 e. The van der Waals surface area contributed by atoms with Gasteiger partial charge in [-0.3, -0.25) is 4.79 Å². The molecule has 0 fully saturated rings. The molecular weight excluding hydrogens is 300 g/mol. The number of para-hydroxylation sites is 1. The maximum Gasteiger partial charge on any atom is 0.313 e. The third-order valence-corrected chi connectivity index (χ3v) is 1.94. The van der Waals surface area contributed by atoms with Gasteiger partial charge in [0, 0.05) is 0 Å². The van der Waals surface area contributed by atoms with E-state index in [2.05, 4.69) is 31.9 Å². The molecule has 0 saturated heterocycles. The molecule has 0 spiro atoms. The van der Waals surface area contributed by atoms with Crippen molar-refractivity contribution in [3.8, 4) is 5.75 Å². The standard InChI is InChI=1S/C9H8Br2O2/c10-8(11)6-9(12)13-7-4-2-1-3-5-7/h1-5,8H,6H2. The third-order valence-electron chi connectivity index (χ3n) is 1.30. The van der Waals surface area contributed by atoms with Crippen molar-refractivity contribution in [3.63, 3.8) is 0 Å². The van der Waals surface area contributed by atoms with Crippen LogP contribution in [0.1, 0.15) is 6.42 Å². The van der Waals surface area contributed by atoms with Gasteiger partial charge < -0.3 is 4.74 Å². The first-order valence-electron chi connectivity index (χ1n) is 3.72. The lowest BCUT2D eigenvalue weighted by atomic mass is 10.3. The number of rotatable bonds is 3. The second-order valence-corrected chi connectivity index (χ2v) is 5.82. The van der Waals surface area contributed by atoms with Crippen LogP contribution in [-0.2, 0) is 4.79 Å². The average molecular weight is 308 g/mol. The summed E-state index contributed by atoms with van der Waals surface area (Å²) in [5, 5.41) is 0. The Morgan fingerprint density at radius 1 is 1.31 bits per heavy atom. The summed E-state index contributed by atoms with van der Waals surface area (Å²) < 4.78 is 4.99. The highest BCUT2D eigenvalue weighted by atomic mass is 79.9. The first-order chi connectivity index (χ1) is 6.18. The van der Waals surface area contributed by atoms with Crippen LogP contribution in [0.15, 0.2) is 30.3 Å². The maximum absolute atomic E-state index is 11.1. The van der Waals surface area contributed by atoms with Crippen molar-refractivity contribution in [2.24, 2.45) is 0 Å². The molecule has 0 N–H and O–H groups in total. The summed E-state index contributed by atoms with van der Waals surface area (Å²) in [5.74, 6) is 0.318. The van der Waals surface area contributed by atoms with Crippen LogP contribution in [0.3, 0.4) is 0 Å². The number of hydrogen-bond donors (Lipinski definition) is 0. The van der Waals surface area contributed by atoms with Gasteiger partial charge >= 0.3 is 5.97 Å². The van der Waals surface area contributed by atoms with E-state index in [-0.39, 0.29) is 9.71 Å². The molecule has 0 aliphatic heterocycles. The molecule has 0 unspecified atom stereocenters. The van der Waals surface area contributed by atoms with E-state index < -0.39 is 0 Å². The predicted molar refractivity (Wildman–Crippen MR) is 58.3 cm³/mol. The van der Waals surface area contributed by atoms with Gasteiger partial charge in [0.15, 0.2) is 0 Å².